The first-order valence-corrected chi connectivity index (χ1v) is 9.88. The average Bonchev–Trinajstić information content (AvgIpc) is 3.22. The summed E-state index contributed by atoms with van der Waals surface area (Å²) in [5.74, 6) is -0.271. The number of hydrogen-bond donors (Lipinski definition) is 3. The number of hydrogen-bond acceptors (Lipinski definition) is 7. The number of rotatable bonds is 4. The summed E-state index contributed by atoms with van der Waals surface area (Å²) < 4.78 is 10.4. The molecule has 3 fully saturated rings. The second-order valence-corrected chi connectivity index (χ2v) is 7.80. The van der Waals surface area contributed by atoms with Gasteiger partial charge in [-0.3, -0.25) is 14.9 Å². The van der Waals surface area contributed by atoms with Gasteiger partial charge in [0, 0.05) is 19.2 Å². The van der Waals surface area contributed by atoms with E-state index < -0.39 is 17.9 Å². The number of carbonyl (C=O) groups excluding carboxylic acids is 3. The van der Waals surface area contributed by atoms with E-state index in [-0.39, 0.29) is 29.9 Å². The highest BCUT2D eigenvalue weighted by molar-refractivity contribution is 8.00. The Balaban J connectivity index is 1.51. The molecule has 0 saturated carbocycles. The second kappa shape index (κ2) is 8.37. The van der Waals surface area contributed by atoms with Gasteiger partial charge in [-0.2, -0.15) is 0 Å². The molecule has 3 rings (SSSR count). The van der Waals surface area contributed by atoms with Crippen molar-refractivity contribution in [3.63, 3.8) is 0 Å². The fourth-order valence-electron chi connectivity index (χ4n) is 3.59. The Hall–Kier alpha value is -1.32. The van der Waals surface area contributed by atoms with E-state index in [4.69, 9.17) is 9.47 Å². The third-order valence-corrected chi connectivity index (χ3v) is 6.21. The fraction of sp³-hybridized carbons (Fsp3) is 0.812. The molecule has 0 aromatic rings. The van der Waals surface area contributed by atoms with Crippen molar-refractivity contribution in [2.45, 2.75) is 43.7 Å². The molecular weight excluding hydrogens is 346 g/mol. The first-order chi connectivity index (χ1) is 12.1. The maximum atomic E-state index is 12.6. The molecule has 0 aromatic carbocycles. The van der Waals surface area contributed by atoms with Crippen molar-refractivity contribution in [3.8, 4) is 0 Å². The molecular formula is C16H25N3O5S. The first kappa shape index (κ1) is 18.5. The van der Waals surface area contributed by atoms with Crippen molar-refractivity contribution in [1.29, 1.82) is 0 Å². The van der Waals surface area contributed by atoms with E-state index in [0.717, 1.165) is 18.8 Å². The molecule has 25 heavy (non-hydrogen) atoms. The molecule has 3 aliphatic rings. The molecule has 3 N–H and O–H groups in total. The summed E-state index contributed by atoms with van der Waals surface area (Å²) in [6.45, 7) is 3.26. The Morgan fingerprint density at radius 2 is 2.12 bits per heavy atom. The van der Waals surface area contributed by atoms with Crippen molar-refractivity contribution in [1.82, 2.24) is 16.0 Å². The highest BCUT2D eigenvalue weighted by atomic mass is 32.2. The number of piperidine rings is 1. The molecule has 3 amide bonds. The zero-order valence-corrected chi connectivity index (χ0v) is 15.1. The Morgan fingerprint density at radius 1 is 1.28 bits per heavy atom. The Kier molecular flexibility index (Phi) is 6.19. The molecule has 0 spiro atoms. The molecule has 0 aromatic heterocycles. The highest BCUT2D eigenvalue weighted by Crippen LogP contribution is 2.32. The summed E-state index contributed by atoms with van der Waals surface area (Å²) in [6.07, 6.45) is 1.69. The van der Waals surface area contributed by atoms with Crippen molar-refractivity contribution in [3.05, 3.63) is 0 Å². The number of fused-ring (bicyclic) bond motifs is 1. The number of amides is 3. The number of thioether (sulfide) groups is 1. The highest BCUT2D eigenvalue weighted by Gasteiger charge is 2.40. The lowest BCUT2D eigenvalue weighted by atomic mass is 9.91. The summed E-state index contributed by atoms with van der Waals surface area (Å²) in [4.78, 5) is 36.3. The molecule has 140 valence electrons. The molecule has 0 radical (unpaired) electrons. The lowest BCUT2D eigenvalue weighted by Crippen LogP contribution is -2.52. The predicted octanol–water partition coefficient (Wildman–Crippen LogP) is 0.222. The van der Waals surface area contributed by atoms with Crippen molar-refractivity contribution < 1.29 is 23.9 Å². The van der Waals surface area contributed by atoms with Gasteiger partial charge in [-0.15, -0.1) is 11.8 Å². The largest absolute Gasteiger partial charge is 0.450 e. The minimum atomic E-state index is -0.740. The van der Waals surface area contributed by atoms with E-state index in [1.807, 2.05) is 0 Å². The minimum absolute atomic E-state index is 0.0604. The van der Waals surface area contributed by atoms with Crippen LogP contribution in [0.25, 0.3) is 0 Å². The van der Waals surface area contributed by atoms with E-state index in [9.17, 15) is 14.4 Å². The van der Waals surface area contributed by atoms with Crippen LogP contribution in [-0.4, -0.2) is 60.9 Å². The van der Waals surface area contributed by atoms with Gasteiger partial charge in [0.25, 0.3) is 0 Å². The zero-order valence-electron chi connectivity index (χ0n) is 14.3. The molecule has 0 bridgehead atoms. The van der Waals surface area contributed by atoms with Gasteiger partial charge < -0.3 is 20.1 Å². The van der Waals surface area contributed by atoms with E-state index in [2.05, 4.69) is 16.0 Å². The molecule has 9 heteroatoms. The lowest BCUT2D eigenvalue weighted by Gasteiger charge is -2.32. The van der Waals surface area contributed by atoms with Crippen LogP contribution in [0.5, 0.6) is 0 Å². The van der Waals surface area contributed by atoms with E-state index >= 15 is 0 Å². The smallest absolute Gasteiger partial charge is 0.413 e. The maximum Gasteiger partial charge on any atom is 0.413 e. The second-order valence-electron chi connectivity index (χ2n) is 6.55. The number of alkyl carbamates (subject to hydrolysis) is 1. The van der Waals surface area contributed by atoms with E-state index in [1.54, 1.807) is 6.92 Å². The van der Waals surface area contributed by atoms with Gasteiger partial charge in [-0.1, -0.05) is 0 Å². The minimum Gasteiger partial charge on any atom is -0.450 e. The van der Waals surface area contributed by atoms with E-state index in [0.29, 0.717) is 25.4 Å². The summed E-state index contributed by atoms with van der Waals surface area (Å²) >= 11 is 1.53. The van der Waals surface area contributed by atoms with Gasteiger partial charge in [0.1, 0.15) is 0 Å². The monoisotopic (exact) mass is 371 g/mol. The van der Waals surface area contributed by atoms with Crippen LogP contribution in [-0.2, 0) is 19.1 Å². The molecule has 3 heterocycles. The Bertz CT molecular complexity index is 532. The van der Waals surface area contributed by atoms with Crippen molar-refractivity contribution >= 4 is 29.7 Å². The number of carbonyl (C=O) groups is 3. The third kappa shape index (κ3) is 4.45. The van der Waals surface area contributed by atoms with E-state index in [1.165, 1.54) is 11.8 Å². The maximum absolute atomic E-state index is 12.6. The predicted molar refractivity (Wildman–Crippen MR) is 91.9 cm³/mol. The van der Waals surface area contributed by atoms with Gasteiger partial charge in [-0.25, -0.2) is 4.79 Å². The zero-order chi connectivity index (χ0) is 17.8. The van der Waals surface area contributed by atoms with Gasteiger partial charge >= 0.3 is 6.09 Å². The van der Waals surface area contributed by atoms with Crippen LogP contribution in [0.3, 0.4) is 0 Å². The topological polar surface area (TPSA) is 106 Å². The van der Waals surface area contributed by atoms with Crippen LogP contribution in [0.2, 0.25) is 0 Å². The van der Waals surface area contributed by atoms with Gasteiger partial charge in [0.05, 0.1) is 29.9 Å². The SMILES string of the molecule is CCOC(=O)NC(=O)C1CCSC1NC(=O)C1CNC2CCOC2C1. The van der Waals surface area contributed by atoms with Crippen LogP contribution < -0.4 is 16.0 Å². The van der Waals surface area contributed by atoms with Crippen molar-refractivity contribution in [2.75, 3.05) is 25.5 Å². The van der Waals surface area contributed by atoms with Gasteiger partial charge in [-0.05, 0) is 31.9 Å². The molecule has 5 atom stereocenters. The van der Waals surface area contributed by atoms with Crippen molar-refractivity contribution in [2.24, 2.45) is 11.8 Å². The lowest BCUT2D eigenvalue weighted by molar-refractivity contribution is -0.128. The Morgan fingerprint density at radius 3 is 2.92 bits per heavy atom. The average molecular weight is 371 g/mol. The number of ether oxygens (including phenoxy) is 2. The first-order valence-electron chi connectivity index (χ1n) is 8.83. The number of imide groups is 1. The summed E-state index contributed by atoms with van der Waals surface area (Å²) in [6, 6.07) is 0.355. The van der Waals surface area contributed by atoms with Gasteiger partial charge in [0.15, 0.2) is 0 Å². The van der Waals surface area contributed by atoms with Gasteiger partial charge in [0.2, 0.25) is 11.8 Å². The fourth-order valence-corrected chi connectivity index (χ4v) is 4.93. The quantitative estimate of drug-likeness (QED) is 0.649. The van der Waals surface area contributed by atoms with Crippen LogP contribution in [0.4, 0.5) is 4.79 Å². The molecule has 5 unspecified atom stereocenters. The summed E-state index contributed by atoms with van der Waals surface area (Å²) in [5.41, 5.74) is 0. The van der Waals surface area contributed by atoms with Crippen LogP contribution in [0.15, 0.2) is 0 Å². The van der Waals surface area contributed by atoms with Crippen LogP contribution >= 0.6 is 11.8 Å². The number of nitrogens with one attached hydrogen (secondary N) is 3. The molecule has 8 nitrogen and oxygen atoms in total. The summed E-state index contributed by atoms with van der Waals surface area (Å²) in [7, 11) is 0. The normalized spacial score (nSPS) is 34.2. The van der Waals surface area contributed by atoms with Crippen LogP contribution in [0, 0.1) is 11.8 Å². The molecule has 3 saturated heterocycles. The van der Waals surface area contributed by atoms with Crippen LogP contribution in [0.1, 0.15) is 26.2 Å². The third-order valence-electron chi connectivity index (χ3n) is 4.94. The molecule has 0 aliphatic carbocycles. The standard InChI is InChI=1S/C16H25N3O5S/c1-2-23-16(22)19-14(21)10-4-6-25-15(10)18-13(20)9-7-12-11(17-8-9)3-5-24-12/h9-12,15,17H,2-8H2,1H3,(H,18,20)(H,19,21,22). The molecule has 3 aliphatic heterocycles. The Labute approximate surface area is 151 Å². The summed E-state index contributed by atoms with van der Waals surface area (Å²) in [5, 5.41) is 8.28.